The number of rotatable bonds is 3. The van der Waals surface area contributed by atoms with Gasteiger partial charge in [-0.15, -0.1) is 0 Å². The lowest BCUT2D eigenvalue weighted by Crippen LogP contribution is -2.11. The number of nitrogens with zero attached hydrogens (tertiary/aromatic N) is 1. The minimum Gasteiger partial charge on any atom is -0.506 e. The topological polar surface area (TPSA) is 106 Å². The Kier molecular flexibility index (Phi) is 4.02. The molecule has 0 atom stereocenters. The van der Waals surface area contributed by atoms with Crippen LogP contribution in [0.3, 0.4) is 0 Å². The number of primary amides is 1. The van der Waals surface area contributed by atoms with Gasteiger partial charge in [-0.2, -0.15) is 0 Å². The summed E-state index contributed by atoms with van der Waals surface area (Å²) >= 11 is 11.9. The second kappa shape index (κ2) is 5.59. The van der Waals surface area contributed by atoms with Gasteiger partial charge < -0.3 is 10.8 Å². The van der Waals surface area contributed by atoms with Gasteiger partial charge in [-0.1, -0.05) is 23.2 Å². The van der Waals surface area contributed by atoms with Gasteiger partial charge in [0.1, 0.15) is 5.75 Å². The minimum absolute atomic E-state index is 0.0391. The number of non-ortho nitro benzene ring substituents is 1. The predicted octanol–water partition coefficient (Wildman–Crippen LogP) is 3.37. The van der Waals surface area contributed by atoms with Crippen molar-refractivity contribution in [3.63, 3.8) is 0 Å². The number of aromatic hydroxyl groups is 1. The summed E-state index contributed by atoms with van der Waals surface area (Å²) in [6.07, 6.45) is 0. The summed E-state index contributed by atoms with van der Waals surface area (Å²) in [5, 5.41) is 21.0. The van der Waals surface area contributed by atoms with Crippen LogP contribution in [0.4, 0.5) is 5.69 Å². The molecule has 3 N–H and O–H groups in total. The first-order valence-corrected chi connectivity index (χ1v) is 6.33. The third-order valence-corrected chi connectivity index (χ3v) is 3.32. The molecule has 0 aliphatic heterocycles. The molecule has 0 aromatic heterocycles. The molecule has 2 aromatic rings. The highest BCUT2D eigenvalue weighted by Gasteiger charge is 2.18. The van der Waals surface area contributed by atoms with Gasteiger partial charge in [0.2, 0.25) is 0 Å². The molecule has 0 unspecified atom stereocenters. The van der Waals surface area contributed by atoms with Gasteiger partial charge >= 0.3 is 0 Å². The van der Waals surface area contributed by atoms with Crippen LogP contribution in [0.1, 0.15) is 10.4 Å². The summed E-state index contributed by atoms with van der Waals surface area (Å²) in [6, 6.07) is 6.34. The molecule has 21 heavy (non-hydrogen) atoms. The molecule has 0 saturated heterocycles. The van der Waals surface area contributed by atoms with Crippen LogP contribution in [0, 0.1) is 10.1 Å². The third kappa shape index (κ3) is 2.91. The van der Waals surface area contributed by atoms with Gasteiger partial charge in [0, 0.05) is 28.3 Å². The zero-order chi connectivity index (χ0) is 15.7. The largest absolute Gasteiger partial charge is 0.506 e. The standard InChI is InChI=1S/C13H8Cl2N2O4/c14-6-3-9(12(18)10(4-6)13(16)19)8-2-1-7(17(20)21)5-11(8)15/h1-5,18H,(H2,16,19). The smallest absolute Gasteiger partial charge is 0.270 e. The van der Waals surface area contributed by atoms with Crippen LogP contribution in [0.15, 0.2) is 30.3 Å². The molecule has 2 aromatic carbocycles. The maximum absolute atomic E-state index is 11.3. The Bertz CT molecular complexity index is 762. The molecule has 0 spiro atoms. The predicted molar refractivity (Wildman–Crippen MR) is 78.7 cm³/mol. The first-order valence-electron chi connectivity index (χ1n) is 5.58. The zero-order valence-corrected chi connectivity index (χ0v) is 11.9. The average Bonchev–Trinajstić information content (AvgIpc) is 2.40. The highest BCUT2D eigenvalue weighted by molar-refractivity contribution is 6.34. The number of hydrogen-bond acceptors (Lipinski definition) is 4. The normalized spacial score (nSPS) is 10.4. The van der Waals surface area contributed by atoms with Gasteiger partial charge in [0.25, 0.3) is 11.6 Å². The van der Waals surface area contributed by atoms with E-state index in [2.05, 4.69) is 0 Å². The first-order chi connectivity index (χ1) is 9.81. The molecule has 0 heterocycles. The molecule has 1 amide bonds. The number of amides is 1. The van der Waals surface area contributed by atoms with Crippen LogP contribution in [0.25, 0.3) is 11.1 Å². The molecule has 0 fully saturated rings. The highest BCUT2D eigenvalue weighted by atomic mass is 35.5. The van der Waals surface area contributed by atoms with E-state index in [-0.39, 0.29) is 32.6 Å². The molecular formula is C13H8Cl2N2O4. The number of nitro benzene ring substituents is 1. The Balaban J connectivity index is 2.67. The molecule has 0 aliphatic rings. The van der Waals surface area contributed by atoms with Gasteiger partial charge in [-0.3, -0.25) is 14.9 Å². The molecular weight excluding hydrogens is 319 g/mol. The summed E-state index contributed by atoms with van der Waals surface area (Å²) in [7, 11) is 0. The van der Waals surface area contributed by atoms with E-state index < -0.39 is 10.8 Å². The van der Waals surface area contributed by atoms with Crippen molar-refractivity contribution >= 4 is 34.8 Å². The molecule has 2 rings (SSSR count). The molecule has 108 valence electrons. The summed E-state index contributed by atoms with van der Waals surface area (Å²) in [5.74, 6) is -1.24. The molecule has 0 bridgehead atoms. The van der Waals surface area contributed by atoms with E-state index in [1.807, 2.05) is 0 Å². The van der Waals surface area contributed by atoms with Gasteiger partial charge in [0.05, 0.1) is 15.5 Å². The van der Waals surface area contributed by atoms with Crippen LogP contribution >= 0.6 is 23.2 Å². The third-order valence-electron chi connectivity index (χ3n) is 2.79. The number of phenols is 1. The fourth-order valence-electron chi connectivity index (χ4n) is 1.83. The van der Waals surface area contributed by atoms with Crippen molar-refractivity contribution < 1.29 is 14.8 Å². The van der Waals surface area contributed by atoms with Gasteiger partial charge in [0.15, 0.2) is 0 Å². The number of nitrogens with two attached hydrogens (primary N) is 1. The van der Waals surface area contributed by atoms with Crippen molar-refractivity contribution in [2.24, 2.45) is 5.73 Å². The molecule has 6 nitrogen and oxygen atoms in total. The van der Waals surface area contributed by atoms with E-state index in [0.29, 0.717) is 5.56 Å². The number of halogens is 2. The fourth-order valence-corrected chi connectivity index (χ4v) is 2.32. The van der Waals surface area contributed by atoms with Gasteiger partial charge in [-0.25, -0.2) is 0 Å². The first kappa shape index (κ1) is 15.1. The number of benzene rings is 2. The van der Waals surface area contributed by atoms with Crippen LogP contribution in [0.5, 0.6) is 5.75 Å². The number of carbonyl (C=O) groups excluding carboxylic acids is 1. The van der Waals surface area contributed by atoms with Crippen LogP contribution in [0.2, 0.25) is 10.0 Å². The number of nitro groups is 1. The second-order valence-corrected chi connectivity index (χ2v) is 4.98. The lowest BCUT2D eigenvalue weighted by Gasteiger charge is -2.10. The molecule has 0 saturated carbocycles. The monoisotopic (exact) mass is 326 g/mol. The minimum atomic E-state index is -0.853. The maximum atomic E-state index is 11.3. The van der Waals surface area contributed by atoms with Crippen molar-refractivity contribution in [1.29, 1.82) is 0 Å². The van der Waals surface area contributed by atoms with Crippen molar-refractivity contribution in [3.8, 4) is 16.9 Å². The quantitative estimate of drug-likeness (QED) is 0.665. The zero-order valence-electron chi connectivity index (χ0n) is 10.3. The van der Waals surface area contributed by atoms with E-state index in [9.17, 15) is 20.0 Å². The second-order valence-electron chi connectivity index (χ2n) is 4.14. The van der Waals surface area contributed by atoms with Gasteiger partial charge in [-0.05, 0) is 18.2 Å². The Morgan fingerprint density at radius 2 is 1.86 bits per heavy atom. The van der Waals surface area contributed by atoms with Crippen LogP contribution in [-0.2, 0) is 0 Å². The average molecular weight is 327 g/mol. The molecule has 8 heteroatoms. The van der Waals surface area contributed by atoms with Crippen molar-refractivity contribution in [2.75, 3.05) is 0 Å². The Morgan fingerprint density at radius 3 is 2.38 bits per heavy atom. The van der Waals surface area contributed by atoms with E-state index in [4.69, 9.17) is 28.9 Å². The molecule has 0 aliphatic carbocycles. The van der Waals surface area contributed by atoms with Crippen molar-refractivity contribution in [1.82, 2.24) is 0 Å². The van der Waals surface area contributed by atoms with E-state index in [1.54, 1.807) is 0 Å². The highest BCUT2D eigenvalue weighted by Crippen LogP contribution is 2.39. The lowest BCUT2D eigenvalue weighted by atomic mass is 10.0. The van der Waals surface area contributed by atoms with Crippen molar-refractivity contribution in [3.05, 3.63) is 56.1 Å². The summed E-state index contributed by atoms with van der Waals surface area (Å²) < 4.78 is 0. The summed E-state index contributed by atoms with van der Waals surface area (Å²) in [5.41, 5.74) is 5.26. The fraction of sp³-hybridized carbons (Fsp3) is 0. The van der Waals surface area contributed by atoms with Crippen LogP contribution in [-0.4, -0.2) is 15.9 Å². The maximum Gasteiger partial charge on any atom is 0.270 e. The SMILES string of the molecule is NC(=O)c1cc(Cl)cc(-c2ccc([N+](=O)[O-])cc2Cl)c1O. The number of hydrogen-bond donors (Lipinski definition) is 2. The Hall–Kier alpha value is -2.31. The van der Waals surface area contributed by atoms with E-state index in [1.165, 1.54) is 24.3 Å². The van der Waals surface area contributed by atoms with E-state index in [0.717, 1.165) is 6.07 Å². The Labute approximate surface area is 128 Å². The summed E-state index contributed by atoms with van der Waals surface area (Å²) in [6.45, 7) is 0. The van der Waals surface area contributed by atoms with Crippen molar-refractivity contribution in [2.45, 2.75) is 0 Å². The summed E-state index contributed by atoms with van der Waals surface area (Å²) in [4.78, 5) is 21.4. The van der Waals surface area contributed by atoms with E-state index >= 15 is 0 Å². The Morgan fingerprint density at radius 1 is 1.19 bits per heavy atom. The molecule has 0 radical (unpaired) electrons. The van der Waals surface area contributed by atoms with Crippen LogP contribution < -0.4 is 5.73 Å². The lowest BCUT2D eigenvalue weighted by molar-refractivity contribution is -0.384. The number of carbonyl (C=O) groups is 1.